The lowest BCUT2D eigenvalue weighted by atomic mass is 10.1. The van der Waals surface area contributed by atoms with E-state index in [4.69, 9.17) is 10.5 Å². The first-order valence-electron chi connectivity index (χ1n) is 5.66. The van der Waals surface area contributed by atoms with Gasteiger partial charge in [0.2, 0.25) is 5.91 Å². The Morgan fingerprint density at radius 2 is 2.20 bits per heavy atom. The van der Waals surface area contributed by atoms with Crippen molar-refractivity contribution in [1.82, 2.24) is 4.90 Å². The molecule has 4 heteroatoms. The summed E-state index contributed by atoms with van der Waals surface area (Å²) in [6.07, 6.45) is 0.720. The first-order chi connectivity index (χ1) is 7.02. The number of ether oxygens (including phenoxy) is 1. The average Bonchev–Trinajstić information content (AvgIpc) is 2.15. The van der Waals surface area contributed by atoms with Gasteiger partial charge in [-0.1, -0.05) is 13.8 Å². The third kappa shape index (κ3) is 3.80. The van der Waals surface area contributed by atoms with Crippen LogP contribution in [0.2, 0.25) is 0 Å². The van der Waals surface area contributed by atoms with Crippen LogP contribution in [-0.4, -0.2) is 42.6 Å². The van der Waals surface area contributed by atoms with Gasteiger partial charge in [-0.25, -0.2) is 0 Å². The van der Waals surface area contributed by atoms with E-state index >= 15 is 0 Å². The zero-order valence-corrected chi connectivity index (χ0v) is 9.90. The fraction of sp³-hybridized carbons (Fsp3) is 0.909. The highest BCUT2D eigenvalue weighted by molar-refractivity contribution is 5.76. The van der Waals surface area contributed by atoms with Crippen LogP contribution >= 0.6 is 0 Å². The van der Waals surface area contributed by atoms with E-state index in [0.717, 1.165) is 0 Å². The maximum atomic E-state index is 11.8. The van der Waals surface area contributed by atoms with E-state index in [2.05, 4.69) is 13.8 Å². The summed E-state index contributed by atoms with van der Waals surface area (Å²) >= 11 is 0. The quantitative estimate of drug-likeness (QED) is 0.749. The summed E-state index contributed by atoms with van der Waals surface area (Å²) in [5.74, 6) is 0.630. The summed E-state index contributed by atoms with van der Waals surface area (Å²) in [7, 11) is 0. The van der Waals surface area contributed by atoms with Crippen molar-refractivity contribution >= 4 is 5.91 Å². The molecule has 2 atom stereocenters. The van der Waals surface area contributed by atoms with Gasteiger partial charge in [0.1, 0.15) is 0 Å². The highest BCUT2D eigenvalue weighted by Crippen LogP contribution is 2.13. The van der Waals surface area contributed by atoms with Gasteiger partial charge in [0.15, 0.2) is 0 Å². The molecule has 15 heavy (non-hydrogen) atoms. The number of morpholine rings is 1. The van der Waals surface area contributed by atoms with E-state index in [0.29, 0.717) is 32.0 Å². The van der Waals surface area contributed by atoms with Gasteiger partial charge in [0.25, 0.3) is 0 Å². The number of hydrogen-bond acceptors (Lipinski definition) is 3. The number of carbonyl (C=O) groups is 1. The van der Waals surface area contributed by atoms with Crippen LogP contribution < -0.4 is 5.73 Å². The van der Waals surface area contributed by atoms with Crippen LogP contribution in [0.25, 0.3) is 0 Å². The van der Waals surface area contributed by atoms with Crippen molar-refractivity contribution in [3.8, 4) is 0 Å². The maximum Gasteiger partial charge on any atom is 0.223 e. The summed E-state index contributed by atoms with van der Waals surface area (Å²) in [4.78, 5) is 13.7. The first-order valence-corrected chi connectivity index (χ1v) is 5.66. The van der Waals surface area contributed by atoms with E-state index in [1.807, 2.05) is 11.8 Å². The second kappa shape index (κ2) is 5.47. The van der Waals surface area contributed by atoms with Crippen molar-refractivity contribution in [2.45, 2.75) is 39.4 Å². The van der Waals surface area contributed by atoms with Crippen molar-refractivity contribution in [2.75, 3.05) is 19.6 Å². The molecule has 1 rings (SSSR count). The molecule has 0 radical (unpaired) electrons. The van der Waals surface area contributed by atoms with Gasteiger partial charge in [-0.05, 0) is 12.8 Å². The highest BCUT2D eigenvalue weighted by atomic mass is 16.5. The number of nitrogens with two attached hydrogens (primary N) is 1. The SMILES string of the molecule is CC(C)CC(=O)N1CC(C)OC(CN)C1. The number of rotatable bonds is 3. The zero-order chi connectivity index (χ0) is 11.4. The van der Waals surface area contributed by atoms with Gasteiger partial charge >= 0.3 is 0 Å². The lowest BCUT2D eigenvalue weighted by Crippen LogP contribution is -2.51. The zero-order valence-electron chi connectivity index (χ0n) is 9.90. The molecule has 0 saturated carbocycles. The van der Waals surface area contributed by atoms with Crippen molar-refractivity contribution in [3.63, 3.8) is 0 Å². The molecule has 2 N–H and O–H groups in total. The Morgan fingerprint density at radius 3 is 2.73 bits per heavy atom. The molecule has 0 aromatic heterocycles. The van der Waals surface area contributed by atoms with Crippen molar-refractivity contribution in [1.29, 1.82) is 0 Å². The Labute approximate surface area is 91.8 Å². The van der Waals surface area contributed by atoms with E-state index in [-0.39, 0.29) is 18.1 Å². The Morgan fingerprint density at radius 1 is 1.53 bits per heavy atom. The minimum Gasteiger partial charge on any atom is -0.370 e. The lowest BCUT2D eigenvalue weighted by Gasteiger charge is -2.36. The number of nitrogens with zero attached hydrogens (tertiary/aromatic N) is 1. The van der Waals surface area contributed by atoms with Gasteiger partial charge in [-0.2, -0.15) is 0 Å². The molecule has 0 aliphatic carbocycles. The van der Waals surface area contributed by atoms with E-state index in [1.165, 1.54) is 0 Å². The predicted octanol–water partition coefficient (Wildman–Crippen LogP) is 0.607. The number of hydrogen-bond donors (Lipinski definition) is 1. The van der Waals surface area contributed by atoms with Gasteiger partial charge < -0.3 is 15.4 Å². The monoisotopic (exact) mass is 214 g/mol. The van der Waals surface area contributed by atoms with Crippen LogP contribution in [0.15, 0.2) is 0 Å². The van der Waals surface area contributed by atoms with Gasteiger partial charge in [0, 0.05) is 26.1 Å². The summed E-state index contributed by atoms with van der Waals surface area (Å²) < 4.78 is 5.60. The van der Waals surface area contributed by atoms with E-state index < -0.39 is 0 Å². The van der Waals surface area contributed by atoms with Gasteiger partial charge in [0.05, 0.1) is 12.2 Å². The minimum absolute atomic E-state index is 0.00450. The third-order valence-electron chi connectivity index (χ3n) is 2.52. The Balaban J connectivity index is 2.50. The molecule has 88 valence electrons. The Hall–Kier alpha value is -0.610. The van der Waals surface area contributed by atoms with Crippen LogP contribution in [0, 0.1) is 5.92 Å². The molecule has 0 aromatic rings. The minimum atomic E-state index is 0.00450. The van der Waals surface area contributed by atoms with Crippen molar-refractivity contribution in [3.05, 3.63) is 0 Å². The van der Waals surface area contributed by atoms with Crippen LogP contribution in [-0.2, 0) is 9.53 Å². The standard InChI is InChI=1S/C11H22N2O2/c1-8(2)4-11(14)13-6-9(3)15-10(5-12)7-13/h8-10H,4-7,12H2,1-3H3. The summed E-state index contributed by atoms with van der Waals surface area (Å²) in [6, 6.07) is 0. The molecule has 0 spiro atoms. The molecule has 1 fully saturated rings. The van der Waals surface area contributed by atoms with Crippen molar-refractivity contribution in [2.24, 2.45) is 11.7 Å². The number of carbonyl (C=O) groups excluding carboxylic acids is 1. The molecular weight excluding hydrogens is 192 g/mol. The number of amides is 1. The molecule has 1 aliphatic rings. The molecule has 0 aromatic carbocycles. The Bertz CT molecular complexity index is 219. The highest BCUT2D eigenvalue weighted by Gasteiger charge is 2.27. The molecule has 1 aliphatic heterocycles. The molecular formula is C11H22N2O2. The third-order valence-corrected chi connectivity index (χ3v) is 2.52. The molecule has 1 amide bonds. The lowest BCUT2D eigenvalue weighted by molar-refractivity contribution is -0.144. The van der Waals surface area contributed by atoms with Crippen LogP contribution in [0.1, 0.15) is 27.2 Å². The van der Waals surface area contributed by atoms with Crippen LogP contribution in [0.5, 0.6) is 0 Å². The summed E-state index contributed by atoms with van der Waals surface area (Å²) in [5, 5.41) is 0. The molecule has 4 nitrogen and oxygen atoms in total. The predicted molar refractivity (Wildman–Crippen MR) is 59.4 cm³/mol. The van der Waals surface area contributed by atoms with Gasteiger partial charge in [-0.3, -0.25) is 4.79 Å². The second-order valence-electron chi connectivity index (χ2n) is 4.70. The largest absolute Gasteiger partial charge is 0.370 e. The normalized spacial score (nSPS) is 27.1. The smallest absolute Gasteiger partial charge is 0.223 e. The average molecular weight is 214 g/mol. The van der Waals surface area contributed by atoms with E-state index in [1.54, 1.807) is 0 Å². The summed E-state index contributed by atoms with van der Waals surface area (Å²) in [5.41, 5.74) is 5.57. The Kier molecular flexibility index (Phi) is 4.54. The van der Waals surface area contributed by atoms with Crippen LogP contribution in [0.4, 0.5) is 0 Å². The topological polar surface area (TPSA) is 55.6 Å². The fourth-order valence-corrected chi connectivity index (χ4v) is 1.86. The first kappa shape index (κ1) is 12.5. The second-order valence-corrected chi connectivity index (χ2v) is 4.70. The van der Waals surface area contributed by atoms with Crippen LogP contribution in [0.3, 0.4) is 0 Å². The molecule has 1 heterocycles. The van der Waals surface area contributed by atoms with E-state index in [9.17, 15) is 4.79 Å². The molecule has 2 unspecified atom stereocenters. The molecule has 1 saturated heterocycles. The fourth-order valence-electron chi connectivity index (χ4n) is 1.86. The molecule has 0 bridgehead atoms. The summed E-state index contributed by atoms with van der Waals surface area (Å²) in [6.45, 7) is 7.92. The maximum absolute atomic E-state index is 11.8. The van der Waals surface area contributed by atoms with Gasteiger partial charge in [-0.15, -0.1) is 0 Å². The van der Waals surface area contributed by atoms with Crippen molar-refractivity contribution < 1.29 is 9.53 Å².